The first-order valence-electron chi connectivity index (χ1n) is 6.48. The van der Waals surface area contributed by atoms with Gasteiger partial charge in [0, 0.05) is 0 Å². The van der Waals surface area contributed by atoms with Crippen molar-refractivity contribution in [3.8, 4) is 0 Å². The van der Waals surface area contributed by atoms with Gasteiger partial charge in [0.25, 0.3) is 0 Å². The van der Waals surface area contributed by atoms with Crippen LogP contribution in [-0.4, -0.2) is 25.7 Å². The van der Waals surface area contributed by atoms with Crippen LogP contribution >= 0.6 is 0 Å². The second kappa shape index (κ2) is 5.75. The highest BCUT2D eigenvalue weighted by molar-refractivity contribution is 7.89. The molecule has 0 atom stereocenters. The van der Waals surface area contributed by atoms with Gasteiger partial charge in [-0.2, -0.15) is 0 Å². The van der Waals surface area contributed by atoms with Crippen molar-refractivity contribution >= 4 is 10.0 Å². The molecular weight excluding hydrogens is 288 g/mol. The van der Waals surface area contributed by atoms with E-state index in [-0.39, 0.29) is 6.61 Å². The van der Waals surface area contributed by atoms with E-state index in [0.717, 1.165) is 31.4 Å². The topological polar surface area (TPSA) is 66.4 Å². The number of benzene rings is 1. The fraction of sp³-hybridized carbons (Fsp3) is 0.538. The van der Waals surface area contributed by atoms with Crippen LogP contribution in [0.25, 0.3) is 0 Å². The molecule has 1 aromatic rings. The van der Waals surface area contributed by atoms with Gasteiger partial charge < -0.3 is 5.11 Å². The zero-order valence-electron chi connectivity index (χ0n) is 10.9. The fourth-order valence-corrected chi connectivity index (χ4v) is 4.09. The van der Waals surface area contributed by atoms with E-state index in [9.17, 15) is 22.3 Å². The second-order valence-electron chi connectivity index (χ2n) is 5.18. The number of rotatable bonds is 4. The Hall–Kier alpha value is -1.05. The van der Waals surface area contributed by atoms with E-state index in [1.54, 1.807) is 0 Å². The summed E-state index contributed by atoms with van der Waals surface area (Å²) in [5.74, 6) is -1.84. The highest BCUT2D eigenvalue weighted by Crippen LogP contribution is 2.30. The van der Waals surface area contributed by atoms with Gasteiger partial charge in [-0.3, -0.25) is 0 Å². The Morgan fingerprint density at radius 3 is 2.45 bits per heavy atom. The summed E-state index contributed by atoms with van der Waals surface area (Å²) in [6.45, 7) is -0.358. The monoisotopic (exact) mass is 305 g/mol. The molecule has 0 aliphatic heterocycles. The van der Waals surface area contributed by atoms with Crippen molar-refractivity contribution in [2.75, 3.05) is 6.61 Å². The summed E-state index contributed by atoms with van der Waals surface area (Å²) in [5, 5.41) is 9.48. The van der Waals surface area contributed by atoms with Gasteiger partial charge in [-0.25, -0.2) is 21.9 Å². The van der Waals surface area contributed by atoms with Gasteiger partial charge in [0.15, 0.2) is 0 Å². The van der Waals surface area contributed by atoms with Crippen LogP contribution in [0, 0.1) is 11.6 Å². The molecule has 1 aliphatic rings. The first kappa shape index (κ1) is 15.3. The number of sulfonamides is 1. The molecular formula is C13H17F2NO3S. The predicted octanol–water partition coefficient (Wildman–Crippen LogP) is 1.94. The lowest BCUT2D eigenvalue weighted by atomic mass is 9.83. The maximum Gasteiger partial charge on any atom is 0.244 e. The molecule has 112 valence electrons. The maximum absolute atomic E-state index is 13.6. The molecule has 1 fully saturated rings. The highest BCUT2D eigenvalue weighted by Gasteiger charge is 2.36. The Bertz CT molecular complexity index is 583. The number of aliphatic hydroxyl groups excluding tert-OH is 1. The molecule has 0 aromatic heterocycles. The molecule has 2 N–H and O–H groups in total. The van der Waals surface area contributed by atoms with Crippen LogP contribution < -0.4 is 4.72 Å². The Balaban J connectivity index is 2.32. The first-order chi connectivity index (χ1) is 9.38. The molecule has 0 amide bonds. The van der Waals surface area contributed by atoms with Crippen molar-refractivity contribution in [3.63, 3.8) is 0 Å². The fourth-order valence-electron chi connectivity index (χ4n) is 2.54. The minimum absolute atomic E-state index is 0.358. The van der Waals surface area contributed by atoms with E-state index in [0.29, 0.717) is 18.9 Å². The SMILES string of the molecule is O=S(=O)(NC1(CO)CCCCC1)c1cc(F)ccc1F. The minimum Gasteiger partial charge on any atom is -0.394 e. The van der Waals surface area contributed by atoms with Gasteiger partial charge in [0.1, 0.15) is 16.5 Å². The molecule has 1 aromatic carbocycles. The summed E-state index contributed by atoms with van der Waals surface area (Å²) in [4.78, 5) is -0.726. The van der Waals surface area contributed by atoms with Gasteiger partial charge in [-0.05, 0) is 31.0 Å². The molecule has 0 spiro atoms. The molecule has 0 saturated heterocycles. The third kappa shape index (κ3) is 3.16. The quantitative estimate of drug-likeness (QED) is 0.893. The number of nitrogens with one attached hydrogen (secondary N) is 1. The summed E-state index contributed by atoms with van der Waals surface area (Å²) in [6.07, 6.45) is 3.51. The molecule has 0 radical (unpaired) electrons. The van der Waals surface area contributed by atoms with Crippen LogP contribution in [0.15, 0.2) is 23.1 Å². The number of hydrogen-bond donors (Lipinski definition) is 2. The largest absolute Gasteiger partial charge is 0.394 e. The van der Waals surface area contributed by atoms with Crippen LogP contribution in [0.3, 0.4) is 0 Å². The van der Waals surface area contributed by atoms with E-state index in [2.05, 4.69) is 4.72 Å². The Kier molecular flexibility index (Phi) is 4.41. The Morgan fingerprint density at radius 1 is 1.20 bits per heavy atom. The summed E-state index contributed by atoms with van der Waals surface area (Å²) >= 11 is 0. The van der Waals surface area contributed by atoms with Crippen molar-refractivity contribution in [1.29, 1.82) is 0 Å². The van der Waals surface area contributed by atoms with E-state index >= 15 is 0 Å². The standard InChI is InChI=1S/C13H17F2NO3S/c14-10-4-5-11(15)12(8-10)20(18,19)16-13(9-17)6-2-1-3-7-13/h4-5,8,16-17H,1-3,6-7,9H2. The third-order valence-electron chi connectivity index (χ3n) is 3.65. The third-order valence-corrected chi connectivity index (χ3v) is 5.24. The lowest BCUT2D eigenvalue weighted by molar-refractivity contribution is 0.142. The van der Waals surface area contributed by atoms with E-state index < -0.39 is 32.1 Å². The minimum atomic E-state index is -4.21. The van der Waals surface area contributed by atoms with E-state index in [4.69, 9.17) is 0 Å². The Morgan fingerprint density at radius 2 is 1.85 bits per heavy atom. The molecule has 7 heteroatoms. The molecule has 0 unspecified atom stereocenters. The average Bonchev–Trinajstić information content (AvgIpc) is 2.42. The zero-order valence-corrected chi connectivity index (χ0v) is 11.7. The molecule has 1 saturated carbocycles. The molecule has 0 heterocycles. The normalized spacial score (nSPS) is 18.9. The molecule has 4 nitrogen and oxygen atoms in total. The van der Waals surface area contributed by atoms with Gasteiger partial charge in [-0.1, -0.05) is 19.3 Å². The molecule has 20 heavy (non-hydrogen) atoms. The summed E-state index contributed by atoms with van der Waals surface area (Å²) in [7, 11) is -4.21. The van der Waals surface area contributed by atoms with Crippen LogP contribution in [-0.2, 0) is 10.0 Å². The van der Waals surface area contributed by atoms with Gasteiger partial charge in [-0.15, -0.1) is 0 Å². The number of halogens is 2. The summed E-state index contributed by atoms with van der Waals surface area (Å²) in [5.41, 5.74) is -0.976. The van der Waals surface area contributed by atoms with Crippen molar-refractivity contribution in [2.24, 2.45) is 0 Å². The van der Waals surface area contributed by atoms with Crippen molar-refractivity contribution < 1.29 is 22.3 Å². The van der Waals surface area contributed by atoms with Gasteiger partial charge >= 0.3 is 0 Å². The van der Waals surface area contributed by atoms with Gasteiger partial charge in [0.05, 0.1) is 12.1 Å². The van der Waals surface area contributed by atoms with Crippen molar-refractivity contribution in [3.05, 3.63) is 29.8 Å². The van der Waals surface area contributed by atoms with E-state index in [1.165, 1.54) is 0 Å². The van der Waals surface area contributed by atoms with Gasteiger partial charge in [0.2, 0.25) is 10.0 Å². The average molecular weight is 305 g/mol. The van der Waals surface area contributed by atoms with Crippen LogP contribution in [0.2, 0.25) is 0 Å². The van der Waals surface area contributed by atoms with Crippen LogP contribution in [0.4, 0.5) is 8.78 Å². The predicted molar refractivity (Wildman–Crippen MR) is 69.6 cm³/mol. The van der Waals surface area contributed by atoms with Crippen LogP contribution in [0.1, 0.15) is 32.1 Å². The number of hydrogen-bond acceptors (Lipinski definition) is 3. The Labute approximate surface area is 116 Å². The van der Waals surface area contributed by atoms with Crippen LogP contribution in [0.5, 0.6) is 0 Å². The lowest BCUT2D eigenvalue weighted by Gasteiger charge is -2.36. The van der Waals surface area contributed by atoms with E-state index in [1.807, 2.05) is 0 Å². The maximum atomic E-state index is 13.6. The number of aliphatic hydroxyl groups is 1. The molecule has 2 rings (SSSR count). The zero-order chi connectivity index (χ0) is 14.8. The second-order valence-corrected chi connectivity index (χ2v) is 6.83. The molecule has 1 aliphatic carbocycles. The lowest BCUT2D eigenvalue weighted by Crippen LogP contribution is -2.52. The van der Waals surface area contributed by atoms with Crippen molar-refractivity contribution in [2.45, 2.75) is 42.5 Å². The summed E-state index contributed by atoms with van der Waals surface area (Å²) in [6, 6.07) is 2.28. The smallest absolute Gasteiger partial charge is 0.244 e. The highest BCUT2D eigenvalue weighted by atomic mass is 32.2. The summed E-state index contributed by atoms with van der Waals surface area (Å²) < 4.78 is 53.5. The molecule has 0 bridgehead atoms. The van der Waals surface area contributed by atoms with Crippen molar-refractivity contribution in [1.82, 2.24) is 4.72 Å². The first-order valence-corrected chi connectivity index (χ1v) is 7.97.